The van der Waals surface area contributed by atoms with E-state index in [9.17, 15) is 4.39 Å². The summed E-state index contributed by atoms with van der Waals surface area (Å²) in [5.74, 6) is 4.82. The first-order valence-corrected chi connectivity index (χ1v) is 5.58. The van der Waals surface area contributed by atoms with E-state index in [0.29, 0.717) is 13.0 Å². The van der Waals surface area contributed by atoms with Crippen LogP contribution >= 0.6 is 0 Å². The van der Waals surface area contributed by atoms with Crippen LogP contribution in [0.15, 0.2) is 24.3 Å². The minimum atomic E-state index is -0.351. The molecule has 94 valence electrons. The lowest BCUT2D eigenvalue weighted by Gasteiger charge is -2.10. The quantitative estimate of drug-likeness (QED) is 0.613. The van der Waals surface area contributed by atoms with Gasteiger partial charge >= 0.3 is 0 Å². The largest absolute Gasteiger partial charge is 0.488 e. The first kappa shape index (κ1) is 13.7. The Labute approximate surface area is 101 Å². The highest BCUT2D eigenvalue weighted by atomic mass is 19.1. The maximum atomic E-state index is 13.6. The zero-order valence-electron chi connectivity index (χ0n) is 10.2. The fourth-order valence-corrected chi connectivity index (χ4v) is 1.33. The molecule has 0 fully saturated rings. The van der Waals surface area contributed by atoms with Gasteiger partial charge in [-0.25, -0.2) is 10.3 Å². The van der Waals surface area contributed by atoms with Gasteiger partial charge in [0.15, 0.2) is 11.6 Å². The Hall–Kier alpha value is -1.39. The molecule has 1 aromatic carbocycles. The van der Waals surface area contributed by atoms with E-state index in [1.807, 2.05) is 26.0 Å². The van der Waals surface area contributed by atoms with Crippen molar-refractivity contribution in [3.8, 4) is 5.75 Å². The molecule has 1 rings (SSSR count). The Morgan fingerprint density at radius 3 is 2.76 bits per heavy atom. The molecule has 0 saturated heterocycles. The van der Waals surface area contributed by atoms with E-state index in [2.05, 4.69) is 4.84 Å². The molecular formula is C13H18FNO2. The van der Waals surface area contributed by atoms with Crippen LogP contribution in [0.4, 0.5) is 4.39 Å². The summed E-state index contributed by atoms with van der Waals surface area (Å²) in [5.41, 5.74) is 0.788. The van der Waals surface area contributed by atoms with Crippen LogP contribution in [-0.4, -0.2) is 12.7 Å². The molecule has 0 aliphatic carbocycles. The predicted molar refractivity (Wildman–Crippen MR) is 66.0 cm³/mol. The maximum absolute atomic E-state index is 13.6. The van der Waals surface area contributed by atoms with Crippen LogP contribution in [0, 0.1) is 5.82 Å². The van der Waals surface area contributed by atoms with Crippen LogP contribution in [0.1, 0.15) is 25.8 Å². The van der Waals surface area contributed by atoms with Gasteiger partial charge in [0, 0.05) is 0 Å². The topological polar surface area (TPSA) is 44.5 Å². The summed E-state index contributed by atoms with van der Waals surface area (Å²) in [6.07, 6.45) is 4.36. The summed E-state index contributed by atoms with van der Waals surface area (Å²) < 4.78 is 18.9. The Bertz CT molecular complexity index is 378. The molecule has 0 amide bonds. The summed E-state index contributed by atoms with van der Waals surface area (Å²) in [4.78, 5) is 4.42. The Morgan fingerprint density at radius 2 is 2.18 bits per heavy atom. The van der Waals surface area contributed by atoms with Crippen molar-refractivity contribution in [1.29, 1.82) is 0 Å². The van der Waals surface area contributed by atoms with Crippen molar-refractivity contribution < 1.29 is 14.0 Å². The highest BCUT2D eigenvalue weighted by molar-refractivity contribution is 5.51. The van der Waals surface area contributed by atoms with Gasteiger partial charge in [0.2, 0.25) is 0 Å². The minimum Gasteiger partial charge on any atom is -0.488 e. The smallest absolute Gasteiger partial charge is 0.165 e. The van der Waals surface area contributed by atoms with Gasteiger partial charge in [-0.15, -0.1) is 0 Å². The average Bonchev–Trinajstić information content (AvgIpc) is 2.27. The molecule has 0 bridgehead atoms. The predicted octanol–water partition coefficient (Wildman–Crippen LogP) is 2.91. The average molecular weight is 239 g/mol. The monoisotopic (exact) mass is 239 g/mol. The molecule has 0 aliphatic rings. The number of nitrogens with two attached hydrogens (primary N) is 1. The van der Waals surface area contributed by atoms with Gasteiger partial charge in [-0.1, -0.05) is 18.2 Å². The Kier molecular flexibility index (Phi) is 5.66. The zero-order valence-corrected chi connectivity index (χ0v) is 10.2. The number of hydrogen-bond acceptors (Lipinski definition) is 3. The molecule has 0 aromatic heterocycles. The molecule has 4 heteroatoms. The van der Waals surface area contributed by atoms with Gasteiger partial charge in [0.25, 0.3) is 0 Å². The van der Waals surface area contributed by atoms with Crippen molar-refractivity contribution in [3.05, 3.63) is 35.7 Å². The first-order valence-electron chi connectivity index (χ1n) is 5.58. The van der Waals surface area contributed by atoms with Crippen LogP contribution < -0.4 is 10.6 Å². The molecule has 3 nitrogen and oxygen atoms in total. The van der Waals surface area contributed by atoms with E-state index in [0.717, 1.165) is 5.56 Å². The molecule has 0 aliphatic heterocycles. The van der Waals surface area contributed by atoms with Crippen molar-refractivity contribution >= 4 is 6.08 Å². The lowest BCUT2D eigenvalue weighted by Crippen LogP contribution is -2.06. The van der Waals surface area contributed by atoms with Crippen molar-refractivity contribution in [2.75, 3.05) is 6.61 Å². The van der Waals surface area contributed by atoms with E-state index in [1.54, 1.807) is 12.1 Å². The molecule has 2 N–H and O–H groups in total. The van der Waals surface area contributed by atoms with Crippen LogP contribution in [0.2, 0.25) is 0 Å². The first-order chi connectivity index (χ1) is 8.13. The molecular weight excluding hydrogens is 221 g/mol. The van der Waals surface area contributed by atoms with E-state index in [-0.39, 0.29) is 17.7 Å². The second kappa shape index (κ2) is 7.04. The van der Waals surface area contributed by atoms with Gasteiger partial charge in [-0.05, 0) is 38.0 Å². The maximum Gasteiger partial charge on any atom is 0.165 e. The van der Waals surface area contributed by atoms with Crippen molar-refractivity contribution in [3.63, 3.8) is 0 Å². The van der Waals surface area contributed by atoms with Crippen LogP contribution in [0.5, 0.6) is 5.75 Å². The third kappa shape index (κ3) is 4.97. The second-order valence-electron chi connectivity index (χ2n) is 3.92. The number of halogens is 1. The fourth-order valence-electron chi connectivity index (χ4n) is 1.33. The lowest BCUT2D eigenvalue weighted by atomic mass is 10.2. The van der Waals surface area contributed by atoms with Crippen LogP contribution in [-0.2, 0) is 4.84 Å². The van der Waals surface area contributed by atoms with Gasteiger partial charge in [0.1, 0.15) is 0 Å². The van der Waals surface area contributed by atoms with Crippen LogP contribution in [0.25, 0.3) is 6.08 Å². The van der Waals surface area contributed by atoms with E-state index in [1.165, 1.54) is 6.07 Å². The molecule has 1 aromatic rings. The highest BCUT2D eigenvalue weighted by Gasteiger charge is 2.05. The minimum absolute atomic E-state index is 0.0346. The molecule has 0 heterocycles. The second-order valence-corrected chi connectivity index (χ2v) is 3.92. The third-order valence-electron chi connectivity index (χ3n) is 2.03. The molecule has 0 radical (unpaired) electrons. The van der Waals surface area contributed by atoms with Crippen molar-refractivity contribution in [2.45, 2.75) is 26.4 Å². The molecule has 0 saturated carbocycles. The molecule has 0 unspecified atom stereocenters. The number of rotatable bonds is 6. The van der Waals surface area contributed by atoms with Gasteiger partial charge in [-0.2, -0.15) is 0 Å². The third-order valence-corrected chi connectivity index (χ3v) is 2.03. The Balaban J connectivity index is 2.65. The Morgan fingerprint density at radius 1 is 1.41 bits per heavy atom. The molecule has 0 atom stereocenters. The number of ether oxygens (including phenoxy) is 1. The normalized spacial score (nSPS) is 11.4. The SMILES string of the molecule is CC(C)Oc1ccc(/C=C/CCON)cc1F. The van der Waals surface area contributed by atoms with Gasteiger partial charge in [0.05, 0.1) is 12.7 Å². The van der Waals surface area contributed by atoms with Gasteiger partial charge < -0.3 is 9.57 Å². The summed E-state index contributed by atoms with van der Waals surface area (Å²) >= 11 is 0. The summed E-state index contributed by atoms with van der Waals surface area (Å²) in [5, 5.41) is 0. The van der Waals surface area contributed by atoms with Crippen molar-refractivity contribution in [1.82, 2.24) is 0 Å². The van der Waals surface area contributed by atoms with Gasteiger partial charge in [-0.3, -0.25) is 0 Å². The fraction of sp³-hybridized carbons (Fsp3) is 0.385. The highest BCUT2D eigenvalue weighted by Crippen LogP contribution is 2.20. The van der Waals surface area contributed by atoms with E-state index < -0.39 is 0 Å². The number of hydrogen-bond donors (Lipinski definition) is 1. The molecule has 0 spiro atoms. The van der Waals surface area contributed by atoms with Crippen LogP contribution in [0.3, 0.4) is 0 Å². The summed E-state index contributed by atoms with van der Waals surface area (Å²) in [6, 6.07) is 4.88. The number of benzene rings is 1. The summed E-state index contributed by atoms with van der Waals surface area (Å²) in [7, 11) is 0. The van der Waals surface area contributed by atoms with E-state index >= 15 is 0 Å². The standard InChI is InChI=1S/C13H18FNO2/c1-10(2)17-13-7-6-11(9-12(13)14)5-3-4-8-16-15/h3,5-7,9-10H,4,8,15H2,1-2H3/b5-3+. The van der Waals surface area contributed by atoms with Crippen molar-refractivity contribution in [2.24, 2.45) is 5.90 Å². The zero-order chi connectivity index (χ0) is 12.7. The summed E-state index contributed by atoms with van der Waals surface area (Å²) in [6.45, 7) is 4.17. The molecule has 17 heavy (non-hydrogen) atoms. The van der Waals surface area contributed by atoms with E-state index in [4.69, 9.17) is 10.6 Å². The lowest BCUT2D eigenvalue weighted by molar-refractivity contribution is 0.143.